The molecule has 1 fully saturated rings. The molecule has 2 aliphatic rings. The van der Waals surface area contributed by atoms with Gasteiger partial charge in [0, 0.05) is 42.9 Å². The summed E-state index contributed by atoms with van der Waals surface area (Å²) in [5.74, 6) is -0.100. The molecule has 7 nitrogen and oxygen atoms in total. The van der Waals surface area contributed by atoms with Crippen molar-refractivity contribution >= 4 is 11.8 Å². The van der Waals surface area contributed by atoms with Crippen LogP contribution in [-0.2, 0) is 17.7 Å². The third-order valence-electron chi connectivity index (χ3n) is 5.88. The Hall–Kier alpha value is -2.67. The lowest BCUT2D eigenvalue weighted by molar-refractivity contribution is -0.0587. The molecule has 1 saturated heterocycles. The number of morpholine rings is 1. The fraction of sp³-hybridized carbons (Fsp3) is 0.500. The number of fused-ring (bicyclic) bond motifs is 1. The van der Waals surface area contributed by atoms with E-state index in [1.807, 2.05) is 50.8 Å². The Morgan fingerprint density at radius 2 is 1.79 bits per heavy atom. The summed E-state index contributed by atoms with van der Waals surface area (Å²) in [6, 6.07) is 5.79. The highest BCUT2D eigenvalue weighted by molar-refractivity contribution is 5.96. The molecule has 0 bridgehead atoms. The maximum absolute atomic E-state index is 13.1. The van der Waals surface area contributed by atoms with Crippen LogP contribution in [0.5, 0.6) is 0 Å². The Labute approximate surface area is 171 Å². The van der Waals surface area contributed by atoms with Gasteiger partial charge in [0.05, 0.1) is 18.8 Å². The van der Waals surface area contributed by atoms with Gasteiger partial charge in [-0.3, -0.25) is 14.7 Å². The Balaban J connectivity index is 1.55. The fourth-order valence-electron chi connectivity index (χ4n) is 4.20. The summed E-state index contributed by atoms with van der Waals surface area (Å²) in [4.78, 5) is 29.8. The van der Waals surface area contributed by atoms with Crippen molar-refractivity contribution in [2.75, 3.05) is 19.6 Å². The van der Waals surface area contributed by atoms with E-state index in [0.29, 0.717) is 43.9 Å². The number of carbonyl (C=O) groups is 2. The highest BCUT2D eigenvalue weighted by Crippen LogP contribution is 2.24. The lowest BCUT2D eigenvalue weighted by Gasteiger charge is -2.35. The summed E-state index contributed by atoms with van der Waals surface area (Å²) in [7, 11) is 0. The molecular weight excluding hydrogens is 368 g/mol. The van der Waals surface area contributed by atoms with E-state index in [1.54, 1.807) is 4.90 Å². The van der Waals surface area contributed by atoms with Gasteiger partial charge < -0.3 is 14.5 Å². The average Bonchev–Trinajstić information content (AvgIpc) is 3.11. The summed E-state index contributed by atoms with van der Waals surface area (Å²) >= 11 is 0. The van der Waals surface area contributed by atoms with E-state index in [9.17, 15) is 9.59 Å². The number of hydrogen-bond donors (Lipinski definition) is 1. The zero-order chi connectivity index (χ0) is 20.7. The van der Waals surface area contributed by atoms with Crippen molar-refractivity contribution in [2.24, 2.45) is 0 Å². The first-order valence-electron chi connectivity index (χ1n) is 10.2. The number of amides is 2. The van der Waals surface area contributed by atoms with Gasteiger partial charge in [0.1, 0.15) is 0 Å². The van der Waals surface area contributed by atoms with Gasteiger partial charge in [0.25, 0.3) is 11.8 Å². The van der Waals surface area contributed by atoms with E-state index in [-0.39, 0.29) is 24.0 Å². The van der Waals surface area contributed by atoms with Gasteiger partial charge in [0.2, 0.25) is 0 Å². The van der Waals surface area contributed by atoms with E-state index in [4.69, 9.17) is 4.74 Å². The number of aromatic nitrogens is 2. The van der Waals surface area contributed by atoms with Crippen LogP contribution in [0.25, 0.3) is 0 Å². The number of benzene rings is 1. The second-order valence-corrected chi connectivity index (χ2v) is 8.27. The first-order valence-corrected chi connectivity index (χ1v) is 10.2. The quantitative estimate of drug-likeness (QED) is 0.846. The average molecular weight is 396 g/mol. The van der Waals surface area contributed by atoms with Crippen LogP contribution in [0.3, 0.4) is 0 Å². The van der Waals surface area contributed by atoms with Gasteiger partial charge >= 0.3 is 0 Å². The van der Waals surface area contributed by atoms with E-state index >= 15 is 0 Å². The molecule has 1 N–H and O–H groups in total. The van der Waals surface area contributed by atoms with Crippen molar-refractivity contribution in [1.82, 2.24) is 20.0 Å². The molecule has 0 saturated carbocycles. The largest absolute Gasteiger partial charge is 0.372 e. The van der Waals surface area contributed by atoms with Crippen LogP contribution >= 0.6 is 0 Å². The van der Waals surface area contributed by atoms with E-state index < -0.39 is 0 Å². The zero-order valence-corrected chi connectivity index (χ0v) is 17.5. The fourth-order valence-corrected chi connectivity index (χ4v) is 4.20. The molecule has 3 heterocycles. The summed E-state index contributed by atoms with van der Waals surface area (Å²) in [6.45, 7) is 10.1. The monoisotopic (exact) mass is 396 g/mol. The Kier molecular flexibility index (Phi) is 5.17. The summed E-state index contributed by atoms with van der Waals surface area (Å²) in [5, 5.41) is 7.34. The number of aryl methyl sites for hydroxylation is 2. The van der Waals surface area contributed by atoms with Crippen LogP contribution in [-0.4, -0.2) is 63.7 Å². The third kappa shape index (κ3) is 3.79. The van der Waals surface area contributed by atoms with Crippen LogP contribution in [0.15, 0.2) is 18.2 Å². The van der Waals surface area contributed by atoms with Crippen molar-refractivity contribution in [1.29, 1.82) is 0 Å². The van der Waals surface area contributed by atoms with Crippen molar-refractivity contribution < 1.29 is 14.3 Å². The Morgan fingerprint density at radius 3 is 2.48 bits per heavy atom. The molecule has 2 unspecified atom stereocenters. The molecule has 4 rings (SSSR count). The first kappa shape index (κ1) is 19.6. The normalized spacial score (nSPS) is 21.8. The summed E-state index contributed by atoms with van der Waals surface area (Å²) in [5.41, 5.74) is 5.17. The third-order valence-corrected chi connectivity index (χ3v) is 5.88. The van der Waals surface area contributed by atoms with Crippen molar-refractivity contribution in [3.05, 3.63) is 51.8 Å². The number of carbonyl (C=O) groups excluding carboxylic acids is 2. The van der Waals surface area contributed by atoms with E-state index in [1.165, 1.54) is 5.56 Å². The molecule has 2 amide bonds. The maximum atomic E-state index is 13.1. The van der Waals surface area contributed by atoms with Gasteiger partial charge in [-0.25, -0.2) is 0 Å². The molecule has 2 aliphatic heterocycles. The highest BCUT2D eigenvalue weighted by atomic mass is 16.5. The number of aromatic amines is 1. The minimum absolute atomic E-state index is 0.000298. The van der Waals surface area contributed by atoms with Crippen LogP contribution < -0.4 is 0 Å². The molecule has 2 aromatic rings. The molecule has 1 aromatic carbocycles. The molecule has 0 spiro atoms. The van der Waals surface area contributed by atoms with E-state index in [0.717, 1.165) is 16.8 Å². The molecule has 0 radical (unpaired) electrons. The van der Waals surface area contributed by atoms with Gasteiger partial charge in [0.15, 0.2) is 5.69 Å². The Bertz CT molecular complexity index is 942. The van der Waals surface area contributed by atoms with Crippen LogP contribution in [0.4, 0.5) is 0 Å². The topological polar surface area (TPSA) is 78.5 Å². The molecular formula is C22H28N4O3. The Morgan fingerprint density at radius 1 is 1.07 bits per heavy atom. The summed E-state index contributed by atoms with van der Waals surface area (Å²) < 4.78 is 5.74. The molecule has 154 valence electrons. The molecule has 2 atom stereocenters. The second kappa shape index (κ2) is 7.63. The number of nitrogens with one attached hydrogen (secondary N) is 1. The van der Waals surface area contributed by atoms with Gasteiger partial charge in [-0.05, 0) is 51.0 Å². The highest BCUT2D eigenvalue weighted by Gasteiger charge is 2.33. The predicted molar refractivity (Wildman–Crippen MR) is 109 cm³/mol. The first-order chi connectivity index (χ1) is 13.8. The van der Waals surface area contributed by atoms with E-state index in [2.05, 4.69) is 10.2 Å². The van der Waals surface area contributed by atoms with Gasteiger partial charge in [-0.15, -0.1) is 0 Å². The number of H-pyrrole nitrogens is 1. The van der Waals surface area contributed by atoms with Crippen LogP contribution in [0.1, 0.15) is 57.1 Å². The van der Waals surface area contributed by atoms with Crippen LogP contribution in [0, 0.1) is 13.8 Å². The zero-order valence-electron chi connectivity index (χ0n) is 17.5. The lowest BCUT2D eigenvalue weighted by atomic mass is 10.0. The molecule has 0 aliphatic carbocycles. The number of ether oxygens (including phenoxy) is 1. The SMILES string of the molecule is Cc1ccc(C(=O)N2CCc3[nH]nc(C(=O)N4CC(C)OC(C)C4)c3C2)cc1C. The van der Waals surface area contributed by atoms with Crippen molar-refractivity contribution in [3.63, 3.8) is 0 Å². The maximum Gasteiger partial charge on any atom is 0.274 e. The lowest BCUT2D eigenvalue weighted by Crippen LogP contribution is -2.48. The van der Waals surface area contributed by atoms with Crippen molar-refractivity contribution in [3.8, 4) is 0 Å². The molecule has 7 heteroatoms. The number of hydrogen-bond acceptors (Lipinski definition) is 4. The van der Waals surface area contributed by atoms with Crippen molar-refractivity contribution in [2.45, 2.75) is 52.9 Å². The van der Waals surface area contributed by atoms with Crippen LogP contribution in [0.2, 0.25) is 0 Å². The minimum atomic E-state index is -0.0926. The number of rotatable bonds is 2. The second-order valence-electron chi connectivity index (χ2n) is 8.27. The van der Waals surface area contributed by atoms with Gasteiger partial charge in [-0.2, -0.15) is 5.10 Å². The molecule has 29 heavy (non-hydrogen) atoms. The standard InChI is InChI=1S/C22H28N4O3/c1-13-5-6-17(9-14(13)2)21(27)25-8-7-19-18(12-25)20(24-23-19)22(28)26-10-15(3)29-16(4)11-26/h5-6,9,15-16H,7-8,10-12H2,1-4H3,(H,23,24). The molecule has 1 aromatic heterocycles. The number of nitrogens with zero attached hydrogens (tertiary/aromatic N) is 3. The smallest absolute Gasteiger partial charge is 0.274 e. The predicted octanol–water partition coefficient (Wildman–Crippen LogP) is 2.47. The van der Waals surface area contributed by atoms with Gasteiger partial charge in [-0.1, -0.05) is 6.07 Å². The minimum Gasteiger partial charge on any atom is -0.372 e. The summed E-state index contributed by atoms with van der Waals surface area (Å²) in [6.07, 6.45) is 0.669.